The van der Waals surface area contributed by atoms with Crippen molar-refractivity contribution in [1.29, 1.82) is 0 Å². The lowest BCUT2D eigenvalue weighted by atomic mass is 9.78. The van der Waals surface area contributed by atoms with Crippen LogP contribution in [0.2, 0.25) is 0 Å². The lowest BCUT2D eigenvalue weighted by Crippen LogP contribution is -2.67. The molecule has 16 nitrogen and oxygen atoms in total. The summed E-state index contributed by atoms with van der Waals surface area (Å²) >= 11 is 0. The van der Waals surface area contributed by atoms with Crippen LogP contribution in [0, 0.1) is 0 Å². The van der Waals surface area contributed by atoms with E-state index in [2.05, 4.69) is 0 Å². The van der Waals surface area contributed by atoms with Gasteiger partial charge in [0.05, 0.1) is 24.5 Å². The van der Waals surface area contributed by atoms with Crippen LogP contribution in [0.4, 0.5) is 0 Å². The van der Waals surface area contributed by atoms with Crippen molar-refractivity contribution in [3.8, 4) is 46.0 Å². The number of carbonyl (C=O) groups excluding carboxylic acids is 2. The molecule has 0 aliphatic carbocycles. The molecule has 4 aromatic rings. The fraction of sp³-hybridized carbons (Fsp3) is 0.278. The molecule has 8 unspecified atom stereocenters. The van der Waals surface area contributed by atoms with E-state index >= 15 is 0 Å². The Morgan fingerprint density at radius 3 is 2.00 bits per heavy atom. The summed E-state index contributed by atoms with van der Waals surface area (Å²) in [6.07, 6.45) is -11.0. The number of hydrogen-bond donors (Lipinski definition) is 10. The second kappa shape index (κ2) is 12.9. The van der Waals surface area contributed by atoms with Gasteiger partial charge in [-0.2, -0.15) is 0 Å². The standard InChI is InChI=1S/C36H32O16/c37-13-25-30(44)32(46)35(47)36(48,52-25)51-24-12-21(43)26-20(42)11-22(14-1-5-16(38)6-2-14)49-34(26)28(24)29-31(45)27-19(41)9-18(40)10-23(27)50-33(29)15-3-7-17(39)8-4-15/h1-10,12,22,25,29-30,32-33,35,37-41,43-44,46-48H,11,13H2. The summed E-state index contributed by atoms with van der Waals surface area (Å²) < 4.78 is 23.7. The molecule has 0 spiro atoms. The van der Waals surface area contributed by atoms with Crippen LogP contribution in [0.5, 0.6) is 46.0 Å². The highest BCUT2D eigenvalue weighted by Gasteiger charge is 2.56. The maximum Gasteiger partial charge on any atom is 0.355 e. The van der Waals surface area contributed by atoms with E-state index in [-0.39, 0.29) is 29.2 Å². The Morgan fingerprint density at radius 1 is 0.750 bits per heavy atom. The van der Waals surface area contributed by atoms with E-state index in [9.17, 15) is 60.7 Å². The summed E-state index contributed by atoms with van der Waals surface area (Å²) in [6, 6.07) is 13.8. The van der Waals surface area contributed by atoms with Gasteiger partial charge in [0, 0.05) is 18.2 Å². The first kappa shape index (κ1) is 34.8. The van der Waals surface area contributed by atoms with Crippen molar-refractivity contribution >= 4 is 11.6 Å². The predicted molar refractivity (Wildman–Crippen MR) is 172 cm³/mol. The maximum absolute atomic E-state index is 14.7. The highest BCUT2D eigenvalue weighted by Crippen LogP contribution is 2.56. The van der Waals surface area contributed by atoms with Crippen LogP contribution in [-0.4, -0.2) is 99.6 Å². The van der Waals surface area contributed by atoms with E-state index in [0.717, 1.165) is 18.2 Å². The molecule has 8 atom stereocenters. The molecule has 10 N–H and O–H groups in total. The third kappa shape index (κ3) is 5.76. The minimum absolute atomic E-state index is 0.0840. The third-order valence-electron chi connectivity index (χ3n) is 9.30. The number of rotatable bonds is 6. The second-order valence-electron chi connectivity index (χ2n) is 12.6. The van der Waals surface area contributed by atoms with Crippen LogP contribution < -0.4 is 14.2 Å². The zero-order chi connectivity index (χ0) is 37.2. The summed E-state index contributed by atoms with van der Waals surface area (Å²) in [5, 5.41) is 105. The molecular formula is C36H32O16. The van der Waals surface area contributed by atoms with Gasteiger partial charge < -0.3 is 70.0 Å². The Balaban J connectivity index is 1.49. The van der Waals surface area contributed by atoms with Gasteiger partial charge in [0.25, 0.3) is 0 Å². The quantitative estimate of drug-likeness (QED) is 0.126. The first-order chi connectivity index (χ1) is 24.7. The first-order valence-electron chi connectivity index (χ1n) is 15.9. The molecule has 1 saturated heterocycles. The normalized spacial score (nSPS) is 28.3. The van der Waals surface area contributed by atoms with Crippen LogP contribution in [0.3, 0.4) is 0 Å². The van der Waals surface area contributed by atoms with Gasteiger partial charge in [-0.3, -0.25) is 9.59 Å². The molecule has 1 fully saturated rings. The lowest BCUT2D eigenvalue weighted by Gasteiger charge is -2.45. The summed E-state index contributed by atoms with van der Waals surface area (Å²) in [4.78, 5) is 28.5. The number of aromatic hydroxyl groups is 5. The Bertz CT molecular complexity index is 2050. The van der Waals surface area contributed by atoms with Crippen molar-refractivity contribution in [2.24, 2.45) is 0 Å². The number of carbonyl (C=O) groups is 2. The van der Waals surface area contributed by atoms with Crippen LogP contribution in [-0.2, 0) is 4.74 Å². The topological polar surface area (TPSA) is 273 Å². The fourth-order valence-electron chi connectivity index (χ4n) is 6.74. The molecule has 3 aliphatic heterocycles. The zero-order valence-corrected chi connectivity index (χ0v) is 26.7. The number of aliphatic hydroxyl groups is 5. The van der Waals surface area contributed by atoms with E-state index in [1.807, 2.05) is 0 Å². The fourth-order valence-corrected chi connectivity index (χ4v) is 6.74. The van der Waals surface area contributed by atoms with Gasteiger partial charge in [-0.25, -0.2) is 0 Å². The molecule has 52 heavy (non-hydrogen) atoms. The number of benzene rings is 4. The van der Waals surface area contributed by atoms with E-state index in [4.69, 9.17) is 18.9 Å². The first-order valence-corrected chi connectivity index (χ1v) is 15.9. The third-order valence-corrected chi connectivity index (χ3v) is 9.30. The molecule has 0 saturated carbocycles. The van der Waals surface area contributed by atoms with Crippen LogP contribution in [0.1, 0.15) is 62.0 Å². The van der Waals surface area contributed by atoms with Gasteiger partial charge in [0.1, 0.15) is 87.6 Å². The van der Waals surface area contributed by atoms with Gasteiger partial charge in [0.2, 0.25) is 0 Å². The Morgan fingerprint density at radius 2 is 1.37 bits per heavy atom. The van der Waals surface area contributed by atoms with E-state index in [1.165, 1.54) is 48.5 Å². The highest BCUT2D eigenvalue weighted by atomic mass is 16.8. The molecule has 16 heteroatoms. The molecule has 3 aliphatic rings. The number of ketones is 2. The van der Waals surface area contributed by atoms with Crippen molar-refractivity contribution in [2.45, 2.75) is 54.9 Å². The van der Waals surface area contributed by atoms with Crippen molar-refractivity contribution in [3.05, 3.63) is 94.5 Å². The average Bonchev–Trinajstić information content (AvgIpc) is 3.09. The van der Waals surface area contributed by atoms with Crippen molar-refractivity contribution in [2.75, 3.05) is 6.61 Å². The average molecular weight is 721 g/mol. The predicted octanol–water partition coefficient (Wildman–Crippen LogP) is 1.52. The summed E-state index contributed by atoms with van der Waals surface area (Å²) in [7, 11) is 0. The number of ether oxygens (including phenoxy) is 4. The molecule has 7 rings (SSSR count). The minimum Gasteiger partial charge on any atom is -0.508 e. The largest absolute Gasteiger partial charge is 0.508 e. The highest BCUT2D eigenvalue weighted by molar-refractivity contribution is 6.09. The van der Waals surface area contributed by atoms with Gasteiger partial charge in [-0.15, -0.1) is 0 Å². The molecular weight excluding hydrogens is 688 g/mol. The Labute approximate surface area is 293 Å². The van der Waals surface area contributed by atoms with Gasteiger partial charge >= 0.3 is 5.97 Å². The molecule has 0 aromatic heterocycles. The van der Waals surface area contributed by atoms with Crippen LogP contribution in [0.25, 0.3) is 0 Å². The number of fused-ring (bicyclic) bond motifs is 2. The number of aliphatic hydroxyl groups excluding tert-OH is 4. The number of Topliss-reactive ketones (excluding diaryl/α,β-unsaturated/α-hetero) is 2. The molecule has 3 heterocycles. The summed E-state index contributed by atoms with van der Waals surface area (Å²) in [5.74, 6) is -10.1. The van der Waals surface area contributed by atoms with Gasteiger partial charge in [-0.1, -0.05) is 24.3 Å². The van der Waals surface area contributed by atoms with E-state index < -0.39 is 112 Å². The van der Waals surface area contributed by atoms with Gasteiger partial charge in [-0.05, 0) is 35.4 Å². The minimum atomic E-state index is -3.28. The maximum atomic E-state index is 14.7. The molecule has 272 valence electrons. The number of phenolic OH excluding ortho intramolecular Hbond substituents is 5. The van der Waals surface area contributed by atoms with Crippen molar-refractivity contribution in [1.82, 2.24) is 0 Å². The molecule has 0 bridgehead atoms. The van der Waals surface area contributed by atoms with E-state index in [0.29, 0.717) is 5.56 Å². The van der Waals surface area contributed by atoms with Crippen molar-refractivity contribution < 1.29 is 79.6 Å². The molecule has 0 radical (unpaired) electrons. The zero-order valence-electron chi connectivity index (χ0n) is 26.7. The number of hydrogen-bond acceptors (Lipinski definition) is 16. The van der Waals surface area contributed by atoms with Crippen LogP contribution in [0.15, 0.2) is 66.7 Å². The smallest absolute Gasteiger partial charge is 0.355 e. The summed E-state index contributed by atoms with van der Waals surface area (Å²) in [6.45, 7) is -0.967. The summed E-state index contributed by atoms with van der Waals surface area (Å²) in [5.41, 5.74) is -0.621. The number of phenols is 5. The molecule has 0 amide bonds. The monoisotopic (exact) mass is 720 g/mol. The lowest BCUT2D eigenvalue weighted by molar-refractivity contribution is -0.422. The van der Waals surface area contributed by atoms with Crippen LogP contribution >= 0.6 is 0 Å². The Kier molecular flexibility index (Phi) is 8.61. The Hall–Kier alpha value is -5.62. The van der Waals surface area contributed by atoms with Gasteiger partial charge in [0.15, 0.2) is 17.7 Å². The second-order valence-corrected chi connectivity index (χ2v) is 12.6. The van der Waals surface area contributed by atoms with Crippen molar-refractivity contribution in [3.63, 3.8) is 0 Å². The SMILES string of the molecule is O=C1CC(c2ccc(O)cc2)Oc2c1c(O)cc(OC1(O)OC(CO)C(O)C(O)C1O)c2C1C(=O)c2c(O)cc(O)cc2OC1c1ccc(O)cc1. The van der Waals surface area contributed by atoms with E-state index in [1.54, 1.807) is 0 Å². The molecule has 4 aromatic carbocycles.